The molecule has 1 aromatic carbocycles. The Kier molecular flexibility index (Phi) is 6.67. The molecule has 0 N–H and O–H groups in total. The standard InChI is InChI=1S/C22H29NO4/c1-16(21(26-2)18-11-7-4-8-12-18)13-14-20(24)23-19(15-27-22(23)25)17-9-5-3-6-10-17/h4,7-8,11-14,16-17,19,21H,3,5-6,9-10,15H2,1-2H3/b14-13+/t16-,19+,21+/m0/s1. The van der Waals surface area contributed by atoms with Crippen LogP contribution in [0.3, 0.4) is 0 Å². The Labute approximate surface area is 161 Å². The van der Waals surface area contributed by atoms with Gasteiger partial charge in [-0.1, -0.05) is 62.6 Å². The van der Waals surface area contributed by atoms with E-state index < -0.39 is 6.09 Å². The molecule has 0 unspecified atom stereocenters. The molecule has 0 radical (unpaired) electrons. The lowest BCUT2D eigenvalue weighted by Gasteiger charge is -2.30. The van der Waals surface area contributed by atoms with Gasteiger partial charge < -0.3 is 9.47 Å². The van der Waals surface area contributed by atoms with Gasteiger partial charge >= 0.3 is 6.09 Å². The summed E-state index contributed by atoms with van der Waals surface area (Å²) >= 11 is 0. The second kappa shape index (κ2) is 9.18. The van der Waals surface area contributed by atoms with E-state index in [0.717, 1.165) is 31.2 Å². The lowest BCUT2D eigenvalue weighted by atomic mass is 9.84. The number of nitrogens with zero attached hydrogens (tertiary/aromatic N) is 1. The molecule has 0 aromatic heterocycles. The highest BCUT2D eigenvalue weighted by atomic mass is 16.6. The van der Waals surface area contributed by atoms with Gasteiger partial charge in [-0.2, -0.15) is 0 Å². The van der Waals surface area contributed by atoms with Crippen LogP contribution in [-0.4, -0.2) is 36.7 Å². The minimum Gasteiger partial charge on any atom is -0.447 e. The maximum atomic E-state index is 12.8. The fraction of sp³-hybridized carbons (Fsp3) is 0.545. The van der Waals surface area contributed by atoms with Crippen LogP contribution in [-0.2, 0) is 14.3 Å². The number of imide groups is 1. The summed E-state index contributed by atoms with van der Waals surface area (Å²) in [4.78, 5) is 26.2. The molecule has 3 atom stereocenters. The fourth-order valence-corrected chi connectivity index (χ4v) is 4.27. The molecule has 0 bridgehead atoms. The van der Waals surface area contributed by atoms with E-state index in [9.17, 15) is 9.59 Å². The predicted molar refractivity (Wildman–Crippen MR) is 103 cm³/mol. The molecule has 1 saturated heterocycles. The van der Waals surface area contributed by atoms with Crippen LogP contribution >= 0.6 is 0 Å². The van der Waals surface area contributed by atoms with Crippen molar-refractivity contribution in [2.75, 3.05) is 13.7 Å². The summed E-state index contributed by atoms with van der Waals surface area (Å²) in [6, 6.07) is 9.80. The molecule has 0 spiro atoms. The predicted octanol–water partition coefficient (Wildman–Crippen LogP) is 4.49. The average molecular weight is 371 g/mol. The Hall–Kier alpha value is -2.14. The number of carbonyl (C=O) groups excluding carboxylic acids is 2. The zero-order valence-electron chi connectivity index (χ0n) is 16.2. The van der Waals surface area contributed by atoms with Crippen molar-refractivity contribution in [1.29, 1.82) is 0 Å². The smallest absolute Gasteiger partial charge is 0.417 e. The van der Waals surface area contributed by atoms with Crippen molar-refractivity contribution >= 4 is 12.0 Å². The zero-order chi connectivity index (χ0) is 19.2. The van der Waals surface area contributed by atoms with Crippen LogP contribution in [0.4, 0.5) is 4.79 Å². The molecule has 1 heterocycles. The highest BCUT2D eigenvalue weighted by Crippen LogP contribution is 2.32. The quantitative estimate of drug-likeness (QED) is 0.691. The maximum absolute atomic E-state index is 12.8. The van der Waals surface area contributed by atoms with Crippen molar-refractivity contribution in [2.24, 2.45) is 11.8 Å². The lowest BCUT2D eigenvalue weighted by molar-refractivity contribution is -0.125. The molecule has 5 nitrogen and oxygen atoms in total. The number of ether oxygens (including phenoxy) is 2. The normalized spacial score (nSPS) is 23.4. The fourth-order valence-electron chi connectivity index (χ4n) is 4.27. The van der Waals surface area contributed by atoms with Crippen LogP contribution in [0, 0.1) is 11.8 Å². The van der Waals surface area contributed by atoms with Crippen molar-refractivity contribution < 1.29 is 19.1 Å². The number of hydrogen-bond acceptors (Lipinski definition) is 4. The van der Waals surface area contributed by atoms with E-state index in [2.05, 4.69) is 0 Å². The summed E-state index contributed by atoms with van der Waals surface area (Å²) in [5.74, 6) is 0.0620. The van der Waals surface area contributed by atoms with Crippen molar-refractivity contribution in [3.8, 4) is 0 Å². The molecular formula is C22H29NO4. The molecule has 3 rings (SSSR count). The van der Waals surface area contributed by atoms with Crippen LogP contribution in [0.25, 0.3) is 0 Å². The minimum absolute atomic E-state index is 0.00639. The van der Waals surface area contributed by atoms with E-state index in [4.69, 9.17) is 9.47 Å². The largest absolute Gasteiger partial charge is 0.447 e. The molecule has 1 saturated carbocycles. The second-order valence-electron chi connectivity index (χ2n) is 7.54. The Bertz CT molecular complexity index is 666. The van der Waals surface area contributed by atoms with E-state index in [0.29, 0.717) is 12.5 Å². The maximum Gasteiger partial charge on any atom is 0.417 e. The third kappa shape index (κ3) is 4.59. The van der Waals surface area contributed by atoms with Crippen LogP contribution in [0.2, 0.25) is 0 Å². The molecule has 146 valence electrons. The number of rotatable bonds is 6. The molecule has 27 heavy (non-hydrogen) atoms. The number of amides is 2. The first-order valence-electron chi connectivity index (χ1n) is 9.87. The molecule has 2 amide bonds. The highest BCUT2D eigenvalue weighted by molar-refractivity contribution is 5.99. The Morgan fingerprint density at radius 3 is 2.59 bits per heavy atom. The van der Waals surface area contributed by atoms with Crippen molar-refractivity contribution in [3.63, 3.8) is 0 Å². The summed E-state index contributed by atoms with van der Waals surface area (Å²) < 4.78 is 10.8. The molecule has 5 heteroatoms. The van der Waals surface area contributed by atoms with E-state index in [1.807, 2.05) is 43.3 Å². The van der Waals surface area contributed by atoms with E-state index >= 15 is 0 Å². The van der Waals surface area contributed by atoms with Gasteiger partial charge in [0.05, 0.1) is 12.1 Å². The van der Waals surface area contributed by atoms with E-state index in [1.54, 1.807) is 7.11 Å². The monoisotopic (exact) mass is 371 g/mol. The van der Waals surface area contributed by atoms with Gasteiger partial charge in [0, 0.05) is 19.1 Å². The SMILES string of the molecule is CO[C@@H](c1ccccc1)[C@@H](C)/C=C/C(=O)N1C(=O)OC[C@@H]1C1CCCCC1. The Morgan fingerprint density at radius 1 is 1.22 bits per heavy atom. The molecule has 2 aliphatic rings. The van der Waals surface area contributed by atoms with Crippen LogP contribution in [0.5, 0.6) is 0 Å². The number of benzene rings is 1. The number of methoxy groups -OCH3 is 1. The first-order chi connectivity index (χ1) is 13.1. The highest BCUT2D eigenvalue weighted by Gasteiger charge is 2.41. The minimum atomic E-state index is -0.515. The van der Waals surface area contributed by atoms with Gasteiger partial charge in [0.2, 0.25) is 0 Å². The van der Waals surface area contributed by atoms with Gasteiger partial charge in [-0.15, -0.1) is 0 Å². The average Bonchev–Trinajstić information content (AvgIpc) is 3.10. The Balaban J connectivity index is 1.67. The van der Waals surface area contributed by atoms with E-state index in [-0.39, 0.29) is 24.0 Å². The third-order valence-corrected chi connectivity index (χ3v) is 5.74. The number of hydrogen-bond donors (Lipinski definition) is 0. The van der Waals surface area contributed by atoms with Crippen LogP contribution in [0.1, 0.15) is 50.7 Å². The third-order valence-electron chi connectivity index (χ3n) is 5.74. The molecule has 1 aliphatic carbocycles. The summed E-state index contributed by atoms with van der Waals surface area (Å²) in [7, 11) is 1.67. The summed E-state index contributed by atoms with van der Waals surface area (Å²) in [6.45, 7) is 2.33. The lowest BCUT2D eigenvalue weighted by Crippen LogP contribution is -2.43. The second-order valence-corrected chi connectivity index (χ2v) is 7.54. The first kappa shape index (κ1) is 19.6. The molecule has 2 fully saturated rings. The van der Waals surface area contributed by atoms with Gasteiger partial charge in [0.1, 0.15) is 6.61 Å². The summed E-state index contributed by atoms with van der Waals surface area (Å²) in [5.41, 5.74) is 1.06. The number of carbonyl (C=O) groups is 2. The van der Waals surface area contributed by atoms with Gasteiger partial charge in [0.15, 0.2) is 0 Å². The number of cyclic esters (lactones) is 1. The topological polar surface area (TPSA) is 55.8 Å². The van der Waals surface area contributed by atoms with Gasteiger partial charge in [-0.05, 0) is 24.3 Å². The van der Waals surface area contributed by atoms with Gasteiger partial charge in [-0.3, -0.25) is 4.79 Å². The molecule has 1 aromatic rings. The summed E-state index contributed by atoms with van der Waals surface area (Å²) in [6.07, 6.45) is 8.36. The Morgan fingerprint density at radius 2 is 1.93 bits per heavy atom. The van der Waals surface area contributed by atoms with Gasteiger partial charge in [-0.25, -0.2) is 9.69 Å². The van der Waals surface area contributed by atoms with Gasteiger partial charge in [0.25, 0.3) is 5.91 Å². The molecular weight excluding hydrogens is 342 g/mol. The zero-order valence-corrected chi connectivity index (χ0v) is 16.2. The van der Waals surface area contributed by atoms with E-state index in [1.165, 1.54) is 17.4 Å². The first-order valence-corrected chi connectivity index (χ1v) is 9.87. The van der Waals surface area contributed by atoms with Crippen molar-refractivity contribution in [3.05, 3.63) is 48.0 Å². The van der Waals surface area contributed by atoms with Crippen molar-refractivity contribution in [2.45, 2.75) is 51.2 Å². The van der Waals surface area contributed by atoms with Crippen LogP contribution in [0.15, 0.2) is 42.5 Å². The van der Waals surface area contributed by atoms with Crippen molar-refractivity contribution in [1.82, 2.24) is 4.90 Å². The summed E-state index contributed by atoms with van der Waals surface area (Å²) in [5, 5.41) is 0. The molecule has 1 aliphatic heterocycles. The van der Waals surface area contributed by atoms with Crippen LogP contribution < -0.4 is 0 Å².